The van der Waals surface area contributed by atoms with E-state index in [2.05, 4.69) is 26.6 Å². The summed E-state index contributed by atoms with van der Waals surface area (Å²) in [5, 5.41) is 5.80. The Hall–Kier alpha value is -0.780. The Morgan fingerprint density at radius 1 is 1.39 bits per heavy atom. The summed E-state index contributed by atoms with van der Waals surface area (Å²) in [6.45, 7) is 1.40. The highest BCUT2D eigenvalue weighted by Gasteiger charge is 2.08. The first-order valence-corrected chi connectivity index (χ1v) is 6.20. The van der Waals surface area contributed by atoms with Crippen LogP contribution in [-0.2, 0) is 11.2 Å². The number of ether oxygens (including phenoxy) is 1. The van der Waals surface area contributed by atoms with E-state index in [4.69, 9.17) is 4.74 Å². The zero-order valence-electron chi connectivity index (χ0n) is 10.5. The van der Waals surface area contributed by atoms with Crippen molar-refractivity contribution in [1.29, 1.82) is 0 Å². The molecule has 0 unspecified atom stereocenters. The third kappa shape index (κ3) is 5.71. The molecule has 1 rings (SSSR count). The van der Waals surface area contributed by atoms with Crippen molar-refractivity contribution in [3.63, 3.8) is 0 Å². The third-order valence-corrected chi connectivity index (χ3v) is 2.78. The smallest absolute Gasteiger partial charge is 0.224 e. The molecule has 102 valence electrons. The topological polar surface area (TPSA) is 50.4 Å². The zero-order chi connectivity index (χ0) is 12.7. The SMILES string of the molecule is CNCCNC(=O)Cc1cc(Br)ccc1OC.Cl. The summed E-state index contributed by atoms with van der Waals surface area (Å²) in [6, 6.07) is 5.64. The molecule has 2 N–H and O–H groups in total. The fourth-order valence-corrected chi connectivity index (χ4v) is 1.86. The predicted molar refractivity (Wildman–Crippen MR) is 78.6 cm³/mol. The third-order valence-electron chi connectivity index (χ3n) is 2.29. The van der Waals surface area contributed by atoms with Crippen LogP contribution in [0.15, 0.2) is 22.7 Å². The van der Waals surface area contributed by atoms with Gasteiger partial charge in [0.25, 0.3) is 0 Å². The molecule has 0 saturated carbocycles. The van der Waals surface area contributed by atoms with Crippen LogP contribution in [-0.4, -0.2) is 33.2 Å². The van der Waals surface area contributed by atoms with Crippen molar-refractivity contribution in [3.05, 3.63) is 28.2 Å². The summed E-state index contributed by atoms with van der Waals surface area (Å²) in [6.07, 6.45) is 0.326. The fourth-order valence-electron chi connectivity index (χ4n) is 1.45. The van der Waals surface area contributed by atoms with Crippen LogP contribution in [0.25, 0.3) is 0 Å². The molecule has 6 heteroatoms. The fraction of sp³-hybridized carbons (Fsp3) is 0.417. The molecule has 0 spiro atoms. The summed E-state index contributed by atoms with van der Waals surface area (Å²) in [7, 11) is 3.45. The Morgan fingerprint density at radius 2 is 2.11 bits per heavy atom. The Kier molecular flexibility index (Phi) is 8.79. The van der Waals surface area contributed by atoms with Crippen LogP contribution in [0, 0.1) is 0 Å². The van der Waals surface area contributed by atoms with E-state index in [0.717, 1.165) is 22.3 Å². The van der Waals surface area contributed by atoms with Gasteiger partial charge in [0.2, 0.25) is 5.91 Å². The number of hydrogen-bond acceptors (Lipinski definition) is 3. The number of nitrogens with one attached hydrogen (secondary N) is 2. The van der Waals surface area contributed by atoms with Crippen LogP contribution in [0.1, 0.15) is 5.56 Å². The van der Waals surface area contributed by atoms with Gasteiger partial charge in [0.1, 0.15) is 5.75 Å². The Labute approximate surface area is 122 Å². The Bertz CT molecular complexity index is 388. The molecule has 1 aromatic carbocycles. The molecule has 0 aromatic heterocycles. The van der Waals surface area contributed by atoms with Gasteiger partial charge in [-0.2, -0.15) is 0 Å². The molecule has 0 heterocycles. The molecular formula is C12H18BrClN2O2. The molecule has 0 fully saturated rings. The van der Waals surface area contributed by atoms with E-state index in [0.29, 0.717) is 13.0 Å². The van der Waals surface area contributed by atoms with Crippen molar-refractivity contribution < 1.29 is 9.53 Å². The number of amides is 1. The van der Waals surface area contributed by atoms with E-state index in [9.17, 15) is 4.79 Å². The molecule has 0 aliphatic carbocycles. The highest BCUT2D eigenvalue weighted by Crippen LogP contribution is 2.23. The maximum absolute atomic E-state index is 11.7. The van der Waals surface area contributed by atoms with Crippen molar-refractivity contribution >= 4 is 34.2 Å². The van der Waals surface area contributed by atoms with Crippen molar-refractivity contribution in [2.45, 2.75) is 6.42 Å². The lowest BCUT2D eigenvalue weighted by Gasteiger charge is -2.09. The van der Waals surface area contributed by atoms with Gasteiger partial charge in [-0.1, -0.05) is 15.9 Å². The maximum Gasteiger partial charge on any atom is 0.224 e. The molecule has 0 radical (unpaired) electrons. The average Bonchev–Trinajstić information content (AvgIpc) is 2.29. The summed E-state index contributed by atoms with van der Waals surface area (Å²) < 4.78 is 6.15. The first-order chi connectivity index (χ1) is 8.17. The molecule has 0 saturated heterocycles. The number of carbonyl (C=O) groups is 1. The number of carbonyl (C=O) groups excluding carboxylic acids is 1. The summed E-state index contributed by atoms with van der Waals surface area (Å²) in [5.74, 6) is 0.730. The largest absolute Gasteiger partial charge is 0.496 e. The second-order valence-corrected chi connectivity index (χ2v) is 4.50. The van der Waals surface area contributed by atoms with Crippen molar-refractivity contribution in [2.75, 3.05) is 27.2 Å². The molecular weight excluding hydrogens is 320 g/mol. The number of methoxy groups -OCH3 is 1. The lowest BCUT2D eigenvalue weighted by atomic mass is 10.1. The Morgan fingerprint density at radius 3 is 2.72 bits per heavy atom. The quantitative estimate of drug-likeness (QED) is 0.778. The van der Waals surface area contributed by atoms with Gasteiger partial charge in [-0.15, -0.1) is 12.4 Å². The van der Waals surface area contributed by atoms with Gasteiger partial charge in [0.05, 0.1) is 13.5 Å². The lowest BCUT2D eigenvalue weighted by Crippen LogP contribution is -2.31. The van der Waals surface area contributed by atoms with Crippen LogP contribution in [0.3, 0.4) is 0 Å². The van der Waals surface area contributed by atoms with Crippen LogP contribution >= 0.6 is 28.3 Å². The van der Waals surface area contributed by atoms with Crippen molar-refractivity contribution in [3.8, 4) is 5.75 Å². The van der Waals surface area contributed by atoms with Crippen molar-refractivity contribution in [1.82, 2.24) is 10.6 Å². The number of halogens is 2. The van der Waals surface area contributed by atoms with Crippen LogP contribution in [0.5, 0.6) is 5.75 Å². The van der Waals surface area contributed by atoms with E-state index in [1.807, 2.05) is 25.2 Å². The second kappa shape index (κ2) is 9.19. The minimum atomic E-state index is -0.00310. The van der Waals surface area contributed by atoms with E-state index < -0.39 is 0 Å². The lowest BCUT2D eigenvalue weighted by molar-refractivity contribution is -0.120. The zero-order valence-corrected chi connectivity index (χ0v) is 12.9. The maximum atomic E-state index is 11.7. The minimum absolute atomic E-state index is 0. The van der Waals surface area contributed by atoms with Gasteiger partial charge in [0, 0.05) is 23.1 Å². The van der Waals surface area contributed by atoms with Gasteiger partial charge in [-0.05, 0) is 25.2 Å². The molecule has 4 nitrogen and oxygen atoms in total. The first-order valence-electron chi connectivity index (χ1n) is 5.41. The van der Waals surface area contributed by atoms with Crippen LogP contribution in [0.2, 0.25) is 0 Å². The molecule has 1 aromatic rings. The predicted octanol–water partition coefficient (Wildman–Crippen LogP) is 1.76. The molecule has 0 aliphatic heterocycles. The molecule has 18 heavy (non-hydrogen) atoms. The molecule has 1 amide bonds. The van der Waals surface area contributed by atoms with Crippen LogP contribution in [0.4, 0.5) is 0 Å². The number of hydrogen-bond donors (Lipinski definition) is 2. The highest BCUT2D eigenvalue weighted by atomic mass is 79.9. The van der Waals surface area contributed by atoms with Gasteiger partial charge in [-0.25, -0.2) is 0 Å². The number of benzene rings is 1. The summed E-state index contributed by atoms with van der Waals surface area (Å²) >= 11 is 3.38. The van der Waals surface area contributed by atoms with E-state index >= 15 is 0 Å². The standard InChI is InChI=1S/C12H17BrN2O2.ClH/c1-14-5-6-15-12(16)8-9-7-10(13)3-4-11(9)17-2;/h3-4,7,14H,5-6,8H2,1-2H3,(H,15,16);1H. The van der Waals surface area contributed by atoms with E-state index in [1.165, 1.54) is 0 Å². The minimum Gasteiger partial charge on any atom is -0.496 e. The number of rotatable bonds is 6. The summed E-state index contributed by atoms with van der Waals surface area (Å²) in [5.41, 5.74) is 0.879. The normalized spacial score (nSPS) is 9.50. The molecule has 0 aliphatic rings. The monoisotopic (exact) mass is 336 g/mol. The van der Waals surface area contributed by atoms with E-state index in [-0.39, 0.29) is 18.3 Å². The van der Waals surface area contributed by atoms with Gasteiger partial charge in [0.15, 0.2) is 0 Å². The average molecular weight is 338 g/mol. The van der Waals surface area contributed by atoms with Gasteiger partial charge >= 0.3 is 0 Å². The van der Waals surface area contributed by atoms with Gasteiger partial charge in [-0.3, -0.25) is 4.79 Å². The number of likely N-dealkylation sites (N-methyl/N-ethyl adjacent to an activating group) is 1. The van der Waals surface area contributed by atoms with Crippen LogP contribution < -0.4 is 15.4 Å². The molecule has 0 atom stereocenters. The Balaban J connectivity index is 0.00000289. The van der Waals surface area contributed by atoms with Crippen molar-refractivity contribution in [2.24, 2.45) is 0 Å². The van der Waals surface area contributed by atoms with E-state index in [1.54, 1.807) is 7.11 Å². The second-order valence-electron chi connectivity index (χ2n) is 3.59. The molecule has 0 bridgehead atoms. The summed E-state index contributed by atoms with van der Waals surface area (Å²) in [4.78, 5) is 11.7. The first kappa shape index (κ1) is 17.2. The van der Waals surface area contributed by atoms with Gasteiger partial charge < -0.3 is 15.4 Å². The highest BCUT2D eigenvalue weighted by molar-refractivity contribution is 9.10.